The number of hydrogen-bond acceptors (Lipinski definition) is 2. The Kier molecular flexibility index (Phi) is 5.42. The Hall–Kier alpha value is -2.74. The maximum absolute atomic E-state index is 14.1. The molecule has 5 heteroatoms. The van der Waals surface area contributed by atoms with Crippen LogP contribution in [-0.2, 0) is 4.79 Å². The highest BCUT2D eigenvalue weighted by atomic mass is 19.1. The first kappa shape index (κ1) is 16.6. The van der Waals surface area contributed by atoms with Crippen molar-refractivity contribution in [2.24, 2.45) is 0 Å². The number of halogens is 2. The summed E-state index contributed by atoms with van der Waals surface area (Å²) in [6.07, 6.45) is 5.06. The number of hydrogen-bond donors (Lipinski definition) is 1. The predicted molar refractivity (Wildman–Crippen MR) is 83.2 cm³/mol. The van der Waals surface area contributed by atoms with Crippen LogP contribution >= 0.6 is 0 Å². The number of amides is 1. The van der Waals surface area contributed by atoms with E-state index in [0.717, 1.165) is 0 Å². The van der Waals surface area contributed by atoms with Crippen molar-refractivity contribution in [2.75, 3.05) is 0 Å². The minimum atomic E-state index is -0.595. The van der Waals surface area contributed by atoms with Gasteiger partial charge in [0.05, 0.1) is 23.3 Å². The molecule has 0 aromatic heterocycles. The minimum absolute atomic E-state index is 0.111. The van der Waals surface area contributed by atoms with E-state index in [4.69, 9.17) is 5.26 Å². The number of rotatable bonds is 3. The van der Waals surface area contributed by atoms with Crippen molar-refractivity contribution in [2.45, 2.75) is 25.8 Å². The Bertz CT molecular complexity index is 724. The summed E-state index contributed by atoms with van der Waals surface area (Å²) in [6.45, 7) is 1.72. The third kappa shape index (κ3) is 4.36. The molecule has 0 saturated carbocycles. The van der Waals surface area contributed by atoms with E-state index in [1.54, 1.807) is 31.2 Å². The molecule has 0 unspecified atom stereocenters. The second-order valence-corrected chi connectivity index (χ2v) is 5.22. The van der Waals surface area contributed by atoms with Crippen molar-refractivity contribution in [3.63, 3.8) is 0 Å². The van der Waals surface area contributed by atoms with Crippen LogP contribution in [0.1, 0.15) is 31.4 Å². The second kappa shape index (κ2) is 7.50. The van der Waals surface area contributed by atoms with Crippen LogP contribution in [0, 0.1) is 17.1 Å². The van der Waals surface area contributed by atoms with Gasteiger partial charge in [-0.2, -0.15) is 5.26 Å². The van der Waals surface area contributed by atoms with Crippen LogP contribution in [0.5, 0.6) is 0 Å². The Labute approximate surface area is 133 Å². The standard InChI is InChI=1S/C18H16F2N2O/c1-12(14-6-8-15(19)9-7-14)22-18(23)16-10-13(11-21)4-2-3-5-17(16)20/h2,4,6-10,12H,3,5H2,1H3,(H,22,23)/t12-/m0/s1. The highest BCUT2D eigenvalue weighted by molar-refractivity contribution is 5.97. The summed E-state index contributed by atoms with van der Waals surface area (Å²) in [4.78, 5) is 12.3. The van der Waals surface area contributed by atoms with Crippen LogP contribution in [0.25, 0.3) is 0 Å². The summed E-state index contributed by atoms with van der Waals surface area (Å²) in [5.74, 6) is -1.51. The van der Waals surface area contributed by atoms with Crippen LogP contribution in [0.15, 0.2) is 59.5 Å². The van der Waals surface area contributed by atoms with Gasteiger partial charge in [-0.25, -0.2) is 8.78 Å². The molecule has 23 heavy (non-hydrogen) atoms. The Morgan fingerprint density at radius 3 is 2.65 bits per heavy atom. The zero-order valence-electron chi connectivity index (χ0n) is 12.6. The molecule has 1 aromatic carbocycles. The molecule has 0 bridgehead atoms. The Morgan fingerprint density at radius 2 is 2.00 bits per heavy atom. The van der Waals surface area contributed by atoms with Crippen molar-refractivity contribution in [3.05, 3.63) is 70.8 Å². The van der Waals surface area contributed by atoms with Gasteiger partial charge in [0, 0.05) is 6.42 Å². The third-order valence-electron chi connectivity index (χ3n) is 3.51. The van der Waals surface area contributed by atoms with Crippen LogP contribution in [0.3, 0.4) is 0 Å². The fraction of sp³-hybridized carbons (Fsp3) is 0.222. The van der Waals surface area contributed by atoms with E-state index in [9.17, 15) is 13.6 Å². The van der Waals surface area contributed by atoms with Crippen molar-refractivity contribution < 1.29 is 13.6 Å². The summed E-state index contributed by atoms with van der Waals surface area (Å²) < 4.78 is 27.1. The van der Waals surface area contributed by atoms with E-state index in [-0.39, 0.29) is 23.4 Å². The average molecular weight is 314 g/mol. The average Bonchev–Trinajstić information content (AvgIpc) is 2.52. The summed E-state index contributed by atoms with van der Waals surface area (Å²) >= 11 is 0. The quantitative estimate of drug-likeness (QED) is 0.916. The lowest BCUT2D eigenvalue weighted by molar-refractivity contribution is -0.117. The van der Waals surface area contributed by atoms with Gasteiger partial charge in [0.25, 0.3) is 5.91 Å². The molecule has 0 aliphatic heterocycles. The first-order valence-electron chi connectivity index (χ1n) is 7.24. The fourth-order valence-corrected chi connectivity index (χ4v) is 2.20. The second-order valence-electron chi connectivity index (χ2n) is 5.22. The molecule has 0 fully saturated rings. The highest BCUT2D eigenvalue weighted by Crippen LogP contribution is 2.21. The first-order valence-corrected chi connectivity index (χ1v) is 7.24. The van der Waals surface area contributed by atoms with E-state index in [0.29, 0.717) is 12.0 Å². The van der Waals surface area contributed by atoms with Gasteiger partial charge in [-0.15, -0.1) is 0 Å². The number of nitrogens with zero attached hydrogens (tertiary/aromatic N) is 1. The number of nitrogens with one attached hydrogen (secondary N) is 1. The zero-order chi connectivity index (χ0) is 16.8. The number of benzene rings is 1. The largest absolute Gasteiger partial charge is 0.345 e. The van der Waals surface area contributed by atoms with E-state index in [1.165, 1.54) is 18.2 Å². The first-order chi connectivity index (χ1) is 11.0. The summed E-state index contributed by atoms with van der Waals surface area (Å²) in [6, 6.07) is 7.22. The third-order valence-corrected chi connectivity index (χ3v) is 3.51. The van der Waals surface area contributed by atoms with Crippen molar-refractivity contribution in [1.82, 2.24) is 5.32 Å². The summed E-state index contributed by atoms with van der Waals surface area (Å²) in [7, 11) is 0. The van der Waals surface area contributed by atoms with Gasteiger partial charge in [0.2, 0.25) is 0 Å². The molecule has 0 spiro atoms. The number of nitriles is 1. The molecule has 1 atom stereocenters. The normalized spacial score (nSPS) is 16.0. The molecule has 0 radical (unpaired) electrons. The van der Waals surface area contributed by atoms with Gasteiger partial charge in [-0.05, 0) is 43.2 Å². The summed E-state index contributed by atoms with van der Waals surface area (Å²) in [5, 5.41) is 11.7. The minimum Gasteiger partial charge on any atom is -0.345 e. The molecular formula is C18H16F2N2O. The SMILES string of the molecule is C[C@H](NC(=O)C1=C(F)CCC=CC(C#N)=C1)c1ccc(F)cc1. The van der Waals surface area contributed by atoms with Gasteiger partial charge in [-0.3, -0.25) is 4.79 Å². The lowest BCUT2D eigenvalue weighted by atomic mass is 10.0. The van der Waals surface area contributed by atoms with Crippen LogP contribution in [0.2, 0.25) is 0 Å². The lowest BCUT2D eigenvalue weighted by Gasteiger charge is -2.16. The molecule has 1 amide bonds. The topological polar surface area (TPSA) is 52.9 Å². The molecule has 0 heterocycles. The van der Waals surface area contributed by atoms with E-state index >= 15 is 0 Å². The molecule has 1 N–H and O–H groups in total. The molecule has 1 aliphatic carbocycles. The smallest absolute Gasteiger partial charge is 0.254 e. The van der Waals surface area contributed by atoms with Crippen LogP contribution in [0.4, 0.5) is 8.78 Å². The van der Waals surface area contributed by atoms with Gasteiger partial charge in [0.15, 0.2) is 0 Å². The van der Waals surface area contributed by atoms with Gasteiger partial charge in [-0.1, -0.05) is 18.2 Å². The Morgan fingerprint density at radius 1 is 1.30 bits per heavy atom. The van der Waals surface area contributed by atoms with Crippen LogP contribution < -0.4 is 5.32 Å². The van der Waals surface area contributed by atoms with Gasteiger partial charge < -0.3 is 5.32 Å². The van der Waals surface area contributed by atoms with E-state index in [2.05, 4.69) is 5.32 Å². The van der Waals surface area contributed by atoms with E-state index in [1.807, 2.05) is 6.07 Å². The molecule has 3 nitrogen and oxygen atoms in total. The predicted octanol–water partition coefficient (Wildman–Crippen LogP) is 4.03. The lowest BCUT2D eigenvalue weighted by Crippen LogP contribution is -2.28. The van der Waals surface area contributed by atoms with E-state index < -0.39 is 17.8 Å². The fourth-order valence-electron chi connectivity index (χ4n) is 2.20. The molecule has 0 saturated heterocycles. The Balaban J connectivity index is 2.21. The maximum atomic E-state index is 14.1. The molecule has 1 aromatic rings. The summed E-state index contributed by atoms with van der Waals surface area (Å²) in [5.41, 5.74) is 0.787. The number of allylic oxidation sites excluding steroid dienone is 4. The van der Waals surface area contributed by atoms with Crippen molar-refractivity contribution >= 4 is 5.91 Å². The highest BCUT2D eigenvalue weighted by Gasteiger charge is 2.18. The monoisotopic (exact) mass is 314 g/mol. The zero-order valence-corrected chi connectivity index (χ0v) is 12.6. The number of carbonyl (C=O) groups is 1. The van der Waals surface area contributed by atoms with Gasteiger partial charge >= 0.3 is 0 Å². The molecule has 1 aliphatic rings. The van der Waals surface area contributed by atoms with Gasteiger partial charge in [0.1, 0.15) is 11.6 Å². The molecule has 2 rings (SSSR count). The maximum Gasteiger partial charge on any atom is 0.254 e. The number of carbonyl (C=O) groups excluding carboxylic acids is 1. The molecule has 118 valence electrons. The van der Waals surface area contributed by atoms with Crippen molar-refractivity contribution in [3.8, 4) is 6.07 Å². The molecular weight excluding hydrogens is 298 g/mol. The van der Waals surface area contributed by atoms with Crippen LogP contribution in [-0.4, -0.2) is 5.91 Å². The van der Waals surface area contributed by atoms with Crippen molar-refractivity contribution in [1.29, 1.82) is 5.26 Å².